The van der Waals surface area contributed by atoms with Crippen molar-refractivity contribution in [3.05, 3.63) is 17.1 Å². The smallest absolute Gasteiger partial charge is 0.311 e. The molecule has 0 atom stereocenters. The van der Waals surface area contributed by atoms with Gasteiger partial charge in [0.25, 0.3) is 0 Å². The Hall–Kier alpha value is -1.69. The van der Waals surface area contributed by atoms with Gasteiger partial charge in [-0.2, -0.15) is 4.98 Å². The maximum Gasteiger partial charge on any atom is 0.311 e. The van der Waals surface area contributed by atoms with Crippen LogP contribution in [-0.2, 0) is 29.0 Å². The average molecular weight is 224 g/mol. The van der Waals surface area contributed by atoms with E-state index in [2.05, 4.69) is 9.97 Å². The Balaban J connectivity index is 2.39. The molecule has 6 heteroatoms. The second kappa shape index (κ2) is 4.44. The minimum absolute atomic E-state index is 0.190. The number of carbonyl (C=O) groups is 1. The van der Waals surface area contributed by atoms with E-state index in [0.717, 1.165) is 11.3 Å². The summed E-state index contributed by atoms with van der Waals surface area (Å²) in [5.74, 6) is -0.250. The molecule has 0 aliphatic carbocycles. The molecular formula is C10H12N2O4. The summed E-state index contributed by atoms with van der Waals surface area (Å²) >= 11 is 0. The first kappa shape index (κ1) is 10.8. The van der Waals surface area contributed by atoms with Crippen LogP contribution < -0.4 is 4.74 Å². The van der Waals surface area contributed by atoms with Crippen molar-refractivity contribution < 1.29 is 19.4 Å². The molecule has 0 saturated heterocycles. The minimum Gasteiger partial charge on any atom is -0.481 e. The highest BCUT2D eigenvalue weighted by atomic mass is 16.5. The van der Waals surface area contributed by atoms with Crippen LogP contribution in [0.25, 0.3) is 0 Å². The Morgan fingerprint density at radius 2 is 2.38 bits per heavy atom. The second-order valence-electron chi connectivity index (χ2n) is 3.45. The number of aliphatic carboxylic acids is 1. The molecule has 6 nitrogen and oxygen atoms in total. The standard InChI is InChI=1S/C10H12N2O4/c1-15-10-6-5-16-3-2-7(6)11-8(12-10)4-9(13)14/h2-5H2,1H3,(H,13,14). The van der Waals surface area contributed by atoms with Crippen LogP contribution in [-0.4, -0.2) is 34.8 Å². The van der Waals surface area contributed by atoms with E-state index in [1.165, 1.54) is 7.11 Å². The number of ether oxygens (including phenoxy) is 2. The molecule has 86 valence electrons. The topological polar surface area (TPSA) is 81.5 Å². The molecule has 2 heterocycles. The molecule has 2 rings (SSSR count). The molecule has 0 saturated carbocycles. The van der Waals surface area contributed by atoms with Crippen LogP contribution in [0.4, 0.5) is 0 Å². The summed E-state index contributed by atoms with van der Waals surface area (Å²) in [5, 5.41) is 8.69. The fourth-order valence-corrected chi connectivity index (χ4v) is 1.63. The van der Waals surface area contributed by atoms with Gasteiger partial charge in [-0.25, -0.2) is 4.98 Å². The summed E-state index contributed by atoms with van der Waals surface area (Å²) in [6, 6.07) is 0. The number of carboxylic acids is 1. The first-order chi connectivity index (χ1) is 7.70. The normalized spacial score (nSPS) is 14.3. The lowest BCUT2D eigenvalue weighted by Crippen LogP contribution is -2.17. The number of nitrogens with zero attached hydrogens (tertiary/aromatic N) is 2. The van der Waals surface area contributed by atoms with Crippen molar-refractivity contribution in [2.45, 2.75) is 19.4 Å². The summed E-state index contributed by atoms with van der Waals surface area (Å²) in [4.78, 5) is 18.9. The van der Waals surface area contributed by atoms with Gasteiger partial charge in [0.1, 0.15) is 12.2 Å². The first-order valence-corrected chi connectivity index (χ1v) is 4.93. The number of hydrogen-bond donors (Lipinski definition) is 1. The Morgan fingerprint density at radius 1 is 1.56 bits per heavy atom. The van der Waals surface area contributed by atoms with E-state index in [1.54, 1.807) is 0 Å². The molecule has 1 aromatic heterocycles. The van der Waals surface area contributed by atoms with Gasteiger partial charge in [0.2, 0.25) is 5.88 Å². The van der Waals surface area contributed by atoms with E-state index in [0.29, 0.717) is 25.5 Å². The van der Waals surface area contributed by atoms with E-state index < -0.39 is 5.97 Å². The lowest BCUT2D eigenvalue weighted by atomic mass is 10.1. The third-order valence-corrected chi connectivity index (χ3v) is 2.33. The number of methoxy groups -OCH3 is 1. The first-order valence-electron chi connectivity index (χ1n) is 4.93. The Morgan fingerprint density at radius 3 is 3.06 bits per heavy atom. The van der Waals surface area contributed by atoms with Crippen LogP contribution in [0.2, 0.25) is 0 Å². The summed E-state index contributed by atoms with van der Waals surface area (Å²) in [5.41, 5.74) is 1.65. The molecule has 0 spiro atoms. The zero-order valence-corrected chi connectivity index (χ0v) is 8.89. The molecule has 0 unspecified atom stereocenters. The fourth-order valence-electron chi connectivity index (χ4n) is 1.63. The van der Waals surface area contributed by atoms with Crippen molar-refractivity contribution in [2.75, 3.05) is 13.7 Å². The molecule has 0 amide bonds. The van der Waals surface area contributed by atoms with Crippen molar-refractivity contribution in [3.63, 3.8) is 0 Å². The van der Waals surface area contributed by atoms with Gasteiger partial charge >= 0.3 is 5.97 Å². The SMILES string of the molecule is COc1nc(CC(=O)O)nc2c1COCC2. The third-order valence-electron chi connectivity index (χ3n) is 2.33. The molecule has 0 fully saturated rings. The summed E-state index contributed by atoms with van der Waals surface area (Å²) in [6.07, 6.45) is 0.478. The largest absolute Gasteiger partial charge is 0.481 e. The van der Waals surface area contributed by atoms with Gasteiger partial charge in [-0.15, -0.1) is 0 Å². The van der Waals surface area contributed by atoms with E-state index in [9.17, 15) is 4.79 Å². The van der Waals surface area contributed by atoms with Gasteiger partial charge in [0, 0.05) is 6.42 Å². The second-order valence-corrected chi connectivity index (χ2v) is 3.45. The molecule has 1 aromatic rings. The lowest BCUT2D eigenvalue weighted by Gasteiger charge is -2.18. The number of rotatable bonds is 3. The Labute approximate surface area is 92.2 Å². The summed E-state index contributed by atoms with van der Waals surface area (Å²) in [6.45, 7) is 1.02. The number of aromatic nitrogens is 2. The zero-order valence-electron chi connectivity index (χ0n) is 8.89. The van der Waals surface area contributed by atoms with Gasteiger partial charge in [0.15, 0.2) is 0 Å². The van der Waals surface area contributed by atoms with Crippen molar-refractivity contribution in [3.8, 4) is 5.88 Å². The highest BCUT2D eigenvalue weighted by molar-refractivity contribution is 5.69. The Bertz CT molecular complexity index is 402. The van der Waals surface area contributed by atoms with Crippen LogP contribution in [0, 0.1) is 0 Å². The van der Waals surface area contributed by atoms with Crippen molar-refractivity contribution >= 4 is 5.97 Å². The van der Waals surface area contributed by atoms with Crippen LogP contribution >= 0.6 is 0 Å². The Kier molecular flexibility index (Phi) is 3.00. The fraction of sp³-hybridized carbons (Fsp3) is 0.500. The molecule has 1 aliphatic heterocycles. The third kappa shape index (κ3) is 2.11. The molecular weight excluding hydrogens is 212 g/mol. The van der Waals surface area contributed by atoms with Gasteiger partial charge in [-0.1, -0.05) is 0 Å². The number of carboxylic acid groups (broad SMARTS) is 1. The maximum absolute atomic E-state index is 10.6. The molecule has 1 aliphatic rings. The molecule has 0 bridgehead atoms. The van der Waals surface area contributed by atoms with E-state index in [4.69, 9.17) is 14.6 Å². The van der Waals surface area contributed by atoms with Crippen LogP contribution in [0.5, 0.6) is 5.88 Å². The van der Waals surface area contributed by atoms with Crippen LogP contribution in [0.15, 0.2) is 0 Å². The molecule has 1 N–H and O–H groups in total. The zero-order chi connectivity index (χ0) is 11.5. The molecule has 16 heavy (non-hydrogen) atoms. The van der Waals surface area contributed by atoms with Crippen molar-refractivity contribution in [1.29, 1.82) is 0 Å². The van der Waals surface area contributed by atoms with Crippen LogP contribution in [0.1, 0.15) is 17.1 Å². The van der Waals surface area contributed by atoms with E-state index in [1.807, 2.05) is 0 Å². The highest BCUT2D eigenvalue weighted by Gasteiger charge is 2.19. The predicted molar refractivity (Wildman–Crippen MR) is 53.3 cm³/mol. The van der Waals surface area contributed by atoms with Crippen molar-refractivity contribution in [1.82, 2.24) is 9.97 Å². The maximum atomic E-state index is 10.6. The summed E-state index contributed by atoms with van der Waals surface area (Å²) < 4.78 is 10.4. The lowest BCUT2D eigenvalue weighted by molar-refractivity contribution is -0.136. The highest BCUT2D eigenvalue weighted by Crippen LogP contribution is 2.23. The minimum atomic E-state index is -0.950. The van der Waals surface area contributed by atoms with Gasteiger partial charge in [0.05, 0.1) is 31.6 Å². The average Bonchev–Trinajstić information content (AvgIpc) is 2.27. The quantitative estimate of drug-likeness (QED) is 0.789. The van der Waals surface area contributed by atoms with Gasteiger partial charge in [-0.3, -0.25) is 4.79 Å². The van der Waals surface area contributed by atoms with Gasteiger partial charge in [-0.05, 0) is 0 Å². The number of fused-ring (bicyclic) bond motifs is 1. The molecule has 0 radical (unpaired) electrons. The van der Waals surface area contributed by atoms with E-state index >= 15 is 0 Å². The number of hydrogen-bond acceptors (Lipinski definition) is 5. The summed E-state index contributed by atoms with van der Waals surface area (Å²) in [7, 11) is 1.50. The van der Waals surface area contributed by atoms with E-state index in [-0.39, 0.29) is 12.2 Å². The van der Waals surface area contributed by atoms with Crippen molar-refractivity contribution in [2.24, 2.45) is 0 Å². The monoisotopic (exact) mass is 224 g/mol. The van der Waals surface area contributed by atoms with Gasteiger partial charge < -0.3 is 14.6 Å². The van der Waals surface area contributed by atoms with Crippen LogP contribution in [0.3, 0.4) is 0 Å². The molecule has 0 aromatic carbocycles. The predicted octanol–water partition coefficient (Wildman–Crippen LogP) is 0.185.